The monoisotopic (exact) mass is 281 g/mol. The Hall–Kier alpha value is -2.36. The Morgan fingerprint density at radius 2 is 2.19 bits per heavy atom. The predicted molar refractivity (Wildman–Crippen MR) is 81.9 cm³/mol. The van der Waals surface area contributed by atoms with E-state index in [1.54, 1.807) is 12.5 Å². The van der Waals surface area contributed by atoms with E-state index in [-0.39, 0.29) is 5.91 Å². The molecular formula is C17H19N3O. The summed E-state index contributed by atoms with van der Waals surface area (Å²) in [6.45, 7) is 0.583. The van der Waals surface area contributed by atoms with E-state index in [2.05, 4.69) is 22.5 Å². The minimum absolute atomic E-state index is 0.130. The van der Waals surface area contributed by atoms with Crippen LogP contribution in [-0.4, -0.2) is 15.5 Å². The molecular weight excluding hydrogens is 262 g/mol. The third-order valence-electron chi connectivity index (χ3n) is 3.79. The molecule has 1 heterocycles. The van der Waals surface area contributed by atoms with Gasteiger partial charge in [0.15, 0.2) is 0 Å². The van der Waals surface area contributed by atoms with Gasteiger partial charge in [-0.15, -0.1) is 0 Å². The van der Waals surface area contributed by atoms with Crippen LogP contribution in [0.2, 0.25) is 0 Å². The molecule has 1 aromatic carbocycles. The van der Waals surface area contributed by atoms with Crippen LogP contribution in [0.3, 0.4) is 0 Å². The zero-order valence-electron chi connectivity index (χ0n) is 11.9. The van der Waals surface area contributed by atoms with Crippen molar-refractivity contribution in [3.63, 3.8) is 0 Å². The fraction of sp³-hybridized carbons (Fsp3) is 0.294. The van der Waals surface area contributed by atoms with Crippen molar-refractivity contribution in [3.8, 4) is 5.69 Å². The topological polar surface area (TPSA) is 46.9 Å². The Bertz CT molecular complexity index is 614. The van der Waals surface area contributed by atoms with Crippen molar-refractivity contribution in [1.29, 1.82) is 0 Å². The Morgan fingerprint density at radius 1 is 1.33 bits per heavy atom. The number of amides is 1. The fourth-order valence-electron chi connectivity index (χ4n) is 2.57. The second kappa shape index (κ2) is 6.39. The predicted octanol–water partition coefficient (Wildman–Crippen LogP) is 2.84. The van der Waals surface area contributed by atoms with E-state index in [4.69, 9.17) is 0 Å². The molecule has 108 valence electrons. The molecule has 1 aromatic heterocycles. The molecule has 0 saturated heterocycles. The third-order valence-corrected chi connectivity index (χ3v) is 3.79. The maximum atomic E-state index is 11.9. The third kappa shape index (κ3) is 3.60. The number of carbonyl (C=O) groups is 1. The summed E-state index contributed by atoms with van der Waals surface area (Å²) in [5, 5.41) is 2.99. The Morgan fingerprint density at radius 3 is 2.86 bits per heavy atom. The number of nitrogens with one attached hydrogen (secondary N) is 1. The van der Waals surface area contributed by atoms with Gasteiger partial charge in [-0.25, -0.2) is 4.98 Å². The van der Waals surface area contributed by atoms with E-state index in [9.17, 15) is 4.79 Å². The van der Waals surface area contributed by atoms with Gasteiger partial charge in [0.25, 0.3) is 0 Å². The normalized spacial score (nSPS) is 17.0. The lowest BCUT2D eigenvalue weighted by molar-refractivity contribution is -0.121. The summed E-state index contributed by atoms with van der Waals surface area (Å²) in [4.78, 5) is 15.9. The lowest BCUT2D eigenvalue weighted by Crippen LogP contribution is -2.24. The molecule has 0 fully saturated rings. The van der Waals surface area contributed by atoms with Gasteiger partial charge in [0.05, 0.1) is 6.33 Å². The highest BCUT2D eigenvalue weighted by Crippen LogP contribution is 2.20. The molecule has 1 aliphatic rings. The molecule has 21 heavy (non-hydrogen) atoms. The van der Waals surface area contributed by atoms with E-state index in [0.717, 1.165) is 24.1 Å². The van der Waals surface area contributed by atoms with Crippen LogP contribution in [0.5, 0.6) is 0 Å². The van der Waals surface area contributed by atoms with Crippen LogP contribution in [0.1, 0.15) is 24.8 Å². The number of carbonyl (C=O) groups excluding carboxylic acids is 1. The molecule has 1 amide bonds. The maximum absolute atomic E-state index is 11.9. The lowest BCUT2D eigenvalue weighted by Gasteiger charge is -2.09. The van der Waals surface area contributed by atoms with E-state index < -0.39 is 0 Å². The first-order valence-corrected chi connectivity index (χ1v) is 7.32. The molecule has 0 aliphatic heterocycles. The van der Waals surface area contributed by atoms with Crippen LogP contribution < -0.4 is 5.32 Å². The first-order valence-electron chi connectivity index (χ1n) is 7.32. The van der Waals surface area contributed by atoms with Crippen molar-refractivity contribution >= 4 is 5.91 Å². The Labute approximate surface area is 124 Å². The molecule has 1 N–H and O–H groups in total. The van der Waals surface area contributed by atoms with Gasteiger partial charge in [-0.1, -0.05) is 24.3 Å². The van der Waals surface area contributed by atoms with Gasteiger partial charge in [-0.2, -0.15) is 0 Å². The number of aromatic nitrogens is 2. The highest BCUT2D eigenvalue weighted by Gasteiger charge is 2.13. The van der Waals surface area contributed by atoms with Gasteiger partial charge in [0.1, 0.15) is 0 Å². The molecule has 0 spiro atoms. The zero-order valence-corrected chi connectivity index (χ0v) is 11.9. The summed E-state index contributed by atoms with van der Waals surface area (Å²) < 4.78 is 1.95. The minimum atomic E-state index is 0.130. The van der Waals surface area contributed by atoms with Gasteiger partial charge >= 0.3 is 0 Å². The zero-order chi connectivity index (χ0) is 14.5. The number of benzene rings is 1. The maximum Gasteiger partial charge on any atom is 0.220 e. The van der Waals surface area contributed by atoms with E-state index in [0.29, 0.717) is 18.9 Å². The molecule has 0 radical (unpaired) electrons. The van der Waals surface area contributed by atoms with Crippen LogP contribution >= 0.6 is 0 Å². The van der Waals surface area contributed by atoms with Crippen LogP contribution in [0.25, 0.3) is 5.69 Å². The number of allylic oxidation sites excluding steroid dienone is 2. The average Bonchev–Trinajstić information content (AvgIpc) is 3.19. The molecule has 4 heteroatoms. The largest absolute Gasteiger partial charge is 0.352 e. The highest BCUT2D eigenvalue weighted by atomic mass is 16.1. The molecule has 0 saturated carbocycles. The van der Waals surface area contributed by atoms with Crippen LogP contribution in [0, 0.1) is 5.92 Å². The molecule has 3 rings (SSSR count). The highest BCUT2D eigenvalue weighted by molar-refractivity contribution is 5.76. The number of hydrogen-bond acceptors (Lipinski definition) is 2. The van der Waals surface area contributed by atoms with Crippen molar-refractivity contribution in [1.82, 2.24) is 14.9 Å². The van der Waals surface area contributed by atoms with Crippen molar-refractivity contribution < 1.29 is 4.79 Å². The quantitative estimate of drug-likeness (QED) is 0.857. The van der Waals surface area contributed by atoms with E-state index in [1.807, 2.05) is 35.0 Å². The van der Waals surface area contributed by atoms with Gasteiger partial charge < -0.3 is 9.88 Å². The van der Waals surface area contributed by atoms with Crippen molar-refractivity contribution in [2.75, 3.05) is 0 Å². The van der Waals surface area contributed by atoms with Crippen LogP contribution in [0.4, 0.5) is 0 Å². The number of imidazole rings is 1. The summed E-state index contributed by atoms with van der Waals surface area (Å²) in [5.74, 6) is 0.554. The van der Waals surface area contributed by atoms with Gasteiger partial charge in [0.2, 0.25) is 5.91 Å². The lowest BCUT2D eigenvalue weighted by atomic mass is 10.1. The Kier molecular flexibility index (Phi) is 4.15. The molecule has 0 bridgehead atoms. The number of hydrogen-bond donors (Lipinski definition) is 1. The summed E-state index contributed by atoms with van der Waals surface area (Å²) in [5.41, 5.74) is 2.17. The SMILES string of the molecule is O=C(CC1C=CCC1)NCc1ccc(-n2ccnc2)cc1. The summed E-state index contributed by atoms with van der Waals surface area (Å²) in [6.07, 6.45) is 12.6. The first-order chi connectivity index (χ1) is 10.3. The summed E-state index contributed by atoms with van der Waals surface area (Å²) in [7, 11) is 0. The Balaban J connectivity index is 1.51. The van der Waals surface area contributed by atoms with Gasteiger partial charge in [-0.3, -0.25) is 4.79 Å². The fourth-order valence-corrected chi connectivity index (χ4v) is 2.57. The van der Waals surface area contributed by atoms with Crippen LogP contribution in [0.15, 0.2) is 55.1 Å². The van der Waals surface area contributed by atoms with Crippen molar-refractivity contribution in [3.05, 3.63) is 60.7 Å². The summed E-state index contributed by atoms with van der Waals surface area (Å²) >= 11 is 0. The molecule has 1 atom stereocenters. The van der Waals surface area contributed by atoms with Gasteiger partial charge in [-0.05, 0) is 36.5 Å². The second-order valence-corrected chi connectivity index (χ2v) is 5.38. The van der Waals surface area contributed by atoms with E-state index in [1.165, 1.54) is 0 Å². The molecule has 4 nitrogen and oxygen atoms in total. The van der Waals surface area contributed by atoms with Gasteiger partial charge in [0, 0.05) is 31.0 Å². The molecule has 1 unspecified atom stereocenters. The van der Waals surface area contributed by atoms with E-state index >= 15 is 0 Å². The number of rotatable bonds is 5. The molecule has 1 aliphatic carbocycles. The average molecular weight is 281 g/mol. The second-order valence-electron chi connectivity index (χ2n) is 5.38. The molecule has 2 aromatic rings. The van der Waals surface area contributed by atoms with Crippen molar-refractivity contribution in [2.24, 2.45) is 5.92 Å². The standard InChI is InChI=1S/C17H19N3O/c21-17(11-14-3-1-2-4-14)19-12-15-5-7-16(8-6-15)20-10-9-18-13-20/h1,3,5-10,13-14H,2,4,11-12H2,(H,19,21). The van der Waals surface area contributed by atoms with Crippen molar-refractivity contribution in [2.45, 2.75) is 25.8 Å². The van der Waals surface area contributed by atoms with Crippen LogP contribution in [-0.2, 0) is 11.3 Å². The summed E-state index contributed by atoms with van der Waals surface area (Å²) in [6, 6.07) is 8.13. The first kappa shape index (κ1) is 13.6. The minimum Gasteiger partial charge on any atom is -0.352 e. The number of nitrogens with zero attached hydrogens (tertiary/aromatic N) is 2. The smallest absolute Gasteiger partial charge is 0.220 e.